The Hall–Kier alpha value is -5.80. The highest BCUT2D eigenvalue weighted by molar-refractivity contribution is 6.29. The highest BCUT2D eigenvalue weighted by Gasteiger charge is 2.27. The van der Waals surface area contributed by atoms with Gasteiger partial charge in [0.1, 0.15) is 17.2 Å². The minimum absolute atomic E-state index is 0.0180. The van der Waals surface area contributed by atoms with Gasteiger partial charge in [-0.2, -0.15) is 0 Å². The van der Waals surface area contributed by atoms with Crippen LogP contribution < -0.4 is 44.2 Å². The zero-order chi connectivity index (χ0) is 44.1. The molecule has 4 aromatic rings. The second-order valence-corrected chi connectivity index (χ2v) is 15.5. The lowest BCUT2D eigenvalue weighted by molar-refractivity contribution is 0.0298. The first-order valence-corrected chi connectivity index (χ1v) is 19.5. The average Bonchev–Trinajstić information content (AvgIpc) is 3.16. The number of hydrogen-bond donors (Lipinski definition) is 8. The van der Waals surface area contributed by atoms with E-state index in [1.165, 1.54) is 6.07 Å². The number of halogens is 1. The van der Waals surface area contributed by atoms with Gasteiger partial charge in [0, 0.05) is 54.9 Å². The van der Waals surface area contributed by atoms with Crippen LogP contribution in [0.4, 0.5) is 33.6 Å². The number of pyridine rings is 2. The van der Waals surface area contributed by atoms with E-state index in [4.69, 9.17) is 48.7 Å². The molecule has 2 fully saturated rings. The van der Waals surface area contributed by atoms with Crippen LogP contribution in [0.1, 0.15) is 77.1 Å². The summed E-state index contributed by atoms with van der Waals surface area (Å²) in [4.78, 5) is 43.2. The van der Waals surface area contributed by atoms with Crippen LogP contribution in [0.25, 0.3) is 0 Å². The number of carbonyl (C=O) groups is 3. The summed E-state index contributed by atoms with van der Waals surface area (Å²) in [5.74, 6) is 0.323. The molecule has 0 aromatic carbocycles. The fourth-order valence-electron chi connectivity index (χ4n) is 5.55. The molecule has 6 rings (SSSR count). The van der Waals surface area contributed by atoms with Crippen LogP contribution in [0, 0.1) is 27.7 Å². The summed E-state index contributed by atoms with van der Waals surface area (Å²) >= 11 is 5.76. The van der Waals surface area contributed by atoms with Crippen LogP contribution >= 0.6 is 11.6 Å². The van der Waals surface area contributed by atoms with E-state index >= 15 is 0 Å². The molecule has 2 aliphatic rings. The van der Waals surface area contributed by atoms with Crippen molar-refractivity contribution in [1.82, 2.24) is 35.7 Å². The van der Waals surface area contributed by atoms with E-state index in [0.29, 0.717) is 55.3 Å². The number of nitrogens with two attached hydrogens (primary N) is 4. The summed E-state index contributed by atoms with van der Waals surface area (Å²) < 4.78 is 15.7. The predicted octanol–water partition coefficient (Wildman–Crippen LogP) is 3.47. The molecule has 0 unspecified atom stereocenters. The lowest BCUT2D eigenvalue weighted by atomic mass is 10.0. The van der Waals surface area contributed by atoms with E-state index in [1.807, 2.05) is 66.7 Å². The molecule has 0 spiro atoms. The molecule has 324 valence electrons. The largest absolute Gasteiger partial charge is 0.444 e. The maximum atomic E-state index is 11.7. The number of nitrogens with zero attached hydrogens (tertiary/aromatic N) is 6. The number of anilines is 5. The van der Waals surface area contributed by atoms with Crippen molar-refractivity contribution in [2.24, 2.45) is 22.9 Å². The van der Waals surface area contributed by atoms with Gasteiger partial charge >= 0.3 is 6.09 Å². The number of amides is 3. The maximum Gasteiger partial charge on any atom is 0.408 e. The quantitative estimate of drug-likeness (QED) is 0.120. The molecule has 6 heterocycles. The Balaban J connectivity index is 0.000000207. The van der Waals surface area contributed by atoms with Gasteiger partial charge in [-0.15, -0.1) is 20.4 Å². The van der Waals surface area contributed by atoms with Crippen molar-refractivity contribution >= 4 is 58.3 Å². The van der Waals surface area contributed by atoms with Crippen LogP contribution in [0.2, 0.25) is 5.15 Å². The molecule has 2 aliphatic heterocycles. The molecule has 2 saturated heterocycles. The van der Waals surface area contributed by atoms with Crippen molar-refractivity contribution in [3.8, 4) is 0 Å². The molecule has 4 aromatic heterocycles. The Morgan fingerprint density at radius 3 is 1.77 bits per heavy atom. The first kappa shape index (κ1) is 46.9. The SMILES string of the molecule is CC(C)(C)OC(=O)N[C@H]1COCC[C@H]1N.Cc1ccc(Nc2cc(Cl)nnc2C(N)=O)nc1C.Cc1ccc(Nc2cc(N[C@@H]3CCOC[C@@H]3N)nnc2C(N)=O)nc1C. The number of nitrogens with one attached hydrogen (secondary N) is 4. The monoisotopic (exact) mass is 850 g/mol. The van der Waals surface area contributed by atoms with Crippen molar-refractivity contribution in [3.63, 3.8) is 0 Å². The van der Waals surface area contributed by atoms with Crippen molar-refractivity contribution in [2.75, 3.05) is 42.4 Å². The zero-order valence-electron chi connectivity index (χ0n) is 34.8. The van der Waals surface area contributed by atoms with Gasteiger partial charge in [0.05, 0.1) is 30.6 Å². The number of aryl methyl sites for hydroxylation is 4. The lowest BCUT2D eigenvalue weighted by Crippen LogP contribution is -2.54. The van der Waals surface area contributed by atoms with Crippen molar-refractivity contribution in [1.29, 1.82) is 0 Å². The van der Waals surface area contributed by atoms with E-state index < -0.39 is 23.5 Å². The first-order valence-electron chi connectivity index (χ1n) is 19.2. The minimum Gasteiger partial charge on any atom is -0.444 e. The molecule has 20 nitrogen and oxygen atoms in total. The van der Waals surface area contributed by atoms with E-state index in [1.54, 1.807) is 12.1 Å². The highest BCUT2D eigenvalue weighted by atomic mass is 35.5. The second kappa shape index (κ2) is 21.5. The number of aromatic nitrogens is 6. The van der Waals surface area contributed by atoms with Gasteiger partial charge in [-0.3, -0.25) is 9.59 Å². The van der Waals surface area contributed by atoms with E-state index in [9.17, 15) is 14.4 Å². The van der Waals surface area contributed by atoms with Crippen LogP contribution in [-0.2, 0) is 14.2 Å². The van der Waals surface area contributed by atoms with Crippen LogP contribution in [0.3, 0.4) is 0 Å². The molecule has 4 atom stereocenters. The Bertz CT molecular complexity index is 2120. The summed E-state index contributed by atoms with van der Waals surface area (Å²) in [6.07, 6.45) is 1.09. The Kier molecular flexibility index (Phi) is 16.8. The van der Waals surface area contributed by atoms with Gasteiger partial charge < -0.3 is 58.4 Å². The third-order valence-electron chi connectivity index (χ3n) is 9.10. The van der Waals surface area contributed by atoms with Crippen LogP contribution in [0.5, 0.6) is 0 Å². The maximum absolute atomic E-state index is 11.7. The molecular formula is C39H55ClN14O6. The van der Waals surface area contributed by atoms with Crippen molar-refractivity contribution in [2.45, 2.75) is 91.1 Å². The number of ether oxygens (including phenoxy) is 3. The molecular weight excluding hydrogens is 796 g/mol. The molecule has 0 saturated carbocycles. The van der Waals surface area contributed by atoms with Gasteiger partial charge in [-0.25, -0.2) is 14.8 Å². The summed E-state index contributed by atoms with van der Waals surface area (Å²) in [6.45, 7) is 15.5. The number of alkyl carbamates (subject to hydrolysis) is 1. The minimum atomic E-state index is -0.685. The normalized spacial score (nSPS) is 18.6. The van der Waals surface area contributed by atoms with Crippen molar-refractivity contribution < 1.29 is 28.6 Å². The second-order valence-electron chi connectivity index (χ2n) is 15.2. The Morgan fingerprint density at radius 1 is 0.717 bits per heavy atom. The van der Waals surface area contributed by atoms with Gasteiger partial charge in [-0.05, 0) is 84.6 Å². The average molecular weight is 851 g/mol. The molecule has 0 bridgehead atoms. The van der Waals surface area contributed by atoms with Gasteiger partial charge in [0.25, 0.3) is 11.8 Å². The first-order chi connectivity index (χ1) is 28.3. The van der Waals surface area contributed by atoms with Gasteiger partial charge in [-0.1, -0.05) is 23.7 Å². The third kappa shape index (κ3) is 14.5. The Labute approximate surface area is 353 Å². The molecule has 0 radical (unpaired) electrons. The van der Waals surface area contributed by atoms with Gasteiger partial charge in [0.15, 0.2) is 22.4 Å². The molecule has 60 heavy (non-hydrogen) atoms. The molecule has 3 amide bonds. The van der Waals surface area contributed by atoms with Crippen molar-refractivity contribution in [3.05, 3.63) is 75.5 Å². The van der Waals surface area contributed by atoms with E-state index in [-0.39, 0.29) is 40.7 Å². The molecule has 0 aliphatic carbocycles. The summed E-state index contributed by atoms with van der Waals surface area (Å²) in [5.41, 5.74) is 26.9. The molecule has 12 N–H and O–H groups in total. The summed E-state index contributed by atoms with van der Waals surface area (Å²) in [5, 5.41) is 27.4. The summed E-state index contributed by atoms with van der Waals surface area (Å²) in [6, 6.07) is 10.3. The lowest BCUT2D eigenvalue weighted by Gasteiger charge is -2.30. The summed E-state index contributed by atoms with van der Waals surface area (Å²) in [7, 11) is 0. The zero-order valence-corrected chi connectivity index (χ0v) is 35.6. The Morgan fingerprint density at radius 2 is 1.25 bits per heavy atom. The highest BCUT2D eigenvalue weighted by Crippen LogP contribution is 2.24. The number of carbonyl (C=O) groups excluding carboxylic acids is 3. The smallest absolute Gasteiger partial charge is 0.408 e. The fraction of sp³-hybridized carbons (Fsp3) is 0.462. The van der Waals surface area contributed by atoms with E-state index in [0.717, 1.165) is 35.4 Å². The standard InChI is InChI=1S/C17H23N7O2.C12H12ClN5O.C10H20N2O3/c1-9-3-4-14(20-10(9)2)22-13-7-15(23-24-16(13)17(19)25)21-12-5-6-26-8-11(12)18;1-6-3-4-10(15-7(6)2)16-8-5-9(13)17-18-11(8)12(14)19;1-10(2,3)15-9(13)12-8-6-14-5-4-7(8)11/h3-4,7,11-12H,5-6,8,18H2,1-2H3,(H2,19,25)(H2,20,21,22,23);3-5H,1-2H3,(H2,14,19)(H,15,16,17);7-8H,4-6,11H2,1-3H3,(H,12,13)/t11-,12+;;7-,8+/m0.1/s1. The number of rotatable bonds is 9. The van der Waals surface area contributed by atoms with Crippen LogP contribution in [-0.4, -0.2) is 104 Å². The van der Waals surface area contributed by atoms with E-state index in [2.05, 4.69) is 51.6 Å². The number of primary amides is 2. The predicted molar refractivity (Wildman–Crippen MR) is 227 cm³/mol. The number of hydrogen-bond acceptors (Lipinski definition) is 17. The molecule has 21 heteroatoms. The third-order valence-corrected chi connectivity index (χ3v) is 9.28. The topological polar surface area (TPSA) is 308 Å². The fourth-order valence-corrected chi connectivity index (χ4v) is 5.70. The van der Waals surface area contributed by atoms with Gasteiger partial charge in [0.2, 0.25) is 0 Å². The van der Waals surface area contributed by atoms with Crippen LogP contribution in [0.15, 0.2) is 36.4 Å².